The zero-order valence-corrected chi connectivity index (χ0v) is 66.4. The summed E-state index contributed by atoms with van der Waals surface area (Å²) >= 11 is 0. The van der Waals surface area contributed by atoms with E-state index in [-0.39, 0.29) is 0 Å². The molecule has 0 N–H and O–H groups in total. The van der Waals surface area contributed by atoms with Crippen molar-refractivity contribution in [1.82, 2.24) is 4.98 Å². The molecule has 0 fully saturated rings. The van der Waals surface area contributed by atoms with Crippen molar-refractivity contribution >= 4 is 0 Å². The predicted molar refractivity (Wildman–Crippen MR) is 418 cm³/mol. The Labute approximate surface area is 710 Å². The Morgan fingerprint density at radius 2 is 0.136 bits per heavy atom. The molecule has 0 spiro atoms. The van der Waals surface area contributed by atoms with Gasteiger partial charge in [0, 0.05) is 300 Å². The number of hydrogen-bond acceptors (Lipinski definition) is 1. The molecular weight excluding hydrogens is 1660 g/mol. The Kier molecular flexibility index (Phi) is 66.0. The first kappa shape index (κ1) is 107. The van der Waals surface area contributed by atoms with Gasteiger partial charge in [-0.2, -0.15) is 0 Å². The van der Waals surface area contributed by atoms with Crippen LogP contribution in [0.5, 0.6) is 0 Å². The molecule has 0 aliphatic rings. The molecule has 18 rings (SSSR count). The zero-order chi connectivity index (χ0) is 91.2. The maximum absolute atomic E-state index is 11.8. The second kappa shape index (κ2) is 77.4. The van der Waals surface area contributed by atoms with Crippen LogP contribution in [0.15, 0.2) is 551 Å². The molecule has 18 heterocycles. The summed E-state index contributed by atoms with van der Waals surface area (Å²) in [6.07, 6.45) is 48.8. The van der Waals surface area contributed by atoms with Crippen molar-refractivity contribution in [3.05, 3.63) is 551 Å². The second-order valence-electron chi connectivity index (χ2n) is 21.8. The summed E-state index contributed by atoms with van der Waals surface area (Å²) in [5, 5.41) is 0. The van der Waals surface area contributed by atoms with Gasteiger partial charge in [0.15, 0.2) is 0 Å². The molecule has 18 aromatic heterocycles. The molecule has 0 atom stereocenters. The van der Waals surface area contributed by atoms with Crippen molar-refractivity contribution < 1.29 is 158 Å². The van der Waals surface area contributed by atoms with E-state index in [1.807, 2.05) is 18.2 Å². The van der Waals surface area contributed by atoms with Crippen molar-refractivity contribution in [2.24, 2.45) is 0 Å². The monoisotopic (exact) mass is 1750 g/mol. The highest BCUT2D eigenvalue weighted by atomic mass is 19.2. The first-order valence-electron chi connectivity index (χ1n) is 36.2. The minimum atomic E-state index is 0.500. The van der Waals surface area contributed by atoms with Gasteiger partial charge in [-0.15, -0.1) is 0 Å². The first-order chi connectivity index (χ1) is 60.7. The molecule has 0 amide bonds. The summed E-state index contributed by atoms with van der Waals surface area (Å²) in [7, 11) is 0. The molecule has 18 aromatic rings. The van der Waals surface area contributed by atoms with Crippen LogP contribution >= 0.6 is 0 Å². The molecule has 642 valence electrons. The number of pyridine rings is 18. The summed E-state index contributed by atoms with van der Waals surface area (Å²) in [4.78, 5) is 12.3. The zero-order valence-electron chi connectivity index (χ0n) is 66.4. The first-order valence-corrected chi connectivity index (χ1v) is 36.2. The quantitative estimate of drug-likeness (QED) is 0.139. The van der Waals surface area contributed by atoms with E-state index in [0.717, 1.165) is 0 Å². The predicted octanol–water partition coefficient (Wildman–Crippen LogP) is 13.1. The van der Waals surface area contributed by atoms with Crippen molar-refractivity contribution in [2.75, 3.05) is 0 Å². The smallest absolute Gasteiger partial charge is 0.218 e. The highest BCUT2D eigenvalue weighted by Gasteiger charge is 1.96. The number of hydrogen-bond donors (Lipinski definition) is 0. The summed E-state index contributed by atoms with van der Waals surface area (Å²) < 4.78 is 201. The Balaban J connectivity index is 0.000000662. The highest BCUT2D eigenvalue weighted by Crippen LogP contribution is 1.84. The SMILES string of the molecule is F[n+]1ccccc1.F[n+]1ccccc1.F[n+]1ccccc1.F[n+]1ccccc1.F[n+]1ccccc1.F[n+]1ccccc1.F[n+]1ccccc1.F[n+]1ccccc1.F[n+]1ccccc1.F[n+]1ccccc1.F[n+]1ccccc1.F[n+]1ccccc1.F[n+]1ccccc1.F[n+]1ccccc1.F[n+]1ccccc1.F[n+]1ccccc1.F[n+]1ccccc1.c1ccncc1. The van der Waals surface area contributed by atoms with Crippen molar-refractivity contribution in [1.29, 1.82) is 0 Å². The van der Waals surface area contributed by atoms with Gasteiger partial charge in [0.25, 0.3) is 0 Å². The summed E-state index contributed by atoms with van der Waals surface area (Å²) in [5.41, 5.74) is 0. The Morgan fingerprint density at radius 3 is 0.160 bits per heavy atom. The average Bonchev–Trinajstić information content (AvgIpc) is 1.08. The van der Waals surface area contributed by atoms with Gasteiger partial charge in [-0.1, -0.05) is 109 Å². The highest BCUT2D eigenvalue weighted by molar-refractivity contribution is 4.92. The molecule has 0 radical (unpaired) electrons. The second-order valence-corrected chi connectivity index (χ2v) is 21.8. The standard InChI is InChI=1S/17C5H5FN.C5H5N/c17*6-7-4-2-1-3-5-7;1-2-4-6-5-3-1/h17*1-5H;1-5H/q17*+1;. The molecule has 0 aliphatic carbocycles. The minimum absolute atomic E-state index is 0.500. The third kappa shape index (κ3) is 76.0. The number of nitrogens with zero attached hydrogens (tertiary/aromatic N) is 18. The van der Waals surface area contributed by atoms with E-state index in [4.69, 9.17) is 0 Å². The van der Waals surface area contributed by atoms with Crippen LogP contribution in [0.1, 0.15) is 0 Å². The summed E-state index contributed by atoms with van der Waals surface area (Å²) in [6.45, 7) is 0. The molecule has 0 unspecified atom stereocenters. The average molecular weight is 1750 g/mol. The van der Waals surface area contributed by atoms with Crippen LogP contribution in [0.2, 0.25) is 0 Å². The molecule has 125 heavy (non-hydrogen) atoms. The molecular formula is C90H90F17N18+17. The number of rotatable bonds is 0. The lowest BCUT2D eigenvalue weighted by molar-refractivity contribution is -0.843. The maximum atomic E-state index is 11.8. The van der Waals surface area contributed by atoms with Gasteiger partial charge in [-0.05, 0) is 12.1 Å². The van der Waals surface area contributed by atoms with E-state index >= 15 is 0 Å². The Hall–Kier alpha value is -16.5. The molecule has 0 bridgehead atoms. The Morgan fingerprint density at radius 1 is 0.0800 bits per heavy atom. The van der Waals surface area contributed by atoms with Crippen LogP contribution in [0.25, 0.3) is 0 Å². The summed E-state index contributed by atoms with van der Waals surface area (Å²) in [6, 6.07) is 90.9. The third-order valence-corrected chi connectivity index (χ3v) is 12.1. The summed E-state index contributed by atoms with van der Waals surface area (Å²) in [5.74, 6) is 0. The van der Waals surface area contributed by atoms with Gasteiger partial charge < -0.3 is 0 Å². The van der Waals surface area contributed by atoms with Crippen LogP contribution < -0.4 is 81.4 Å². The number of halogens is 17. The van der Waals surface area contributed by atoms with E-state index in [2.05, 4.69) is 4.98 Å². The Bertz CT molecular complexity index is 3910. The van der Waals surface area contributed by atoms with Gasteiger partial charge in [0.2, 0.25) is 211 Å². The van der Waals surface area contributed by atoms with Crippen LogP contribution in [-0.2, 0) is 0 Å². The number of aromatic nitrogens is 18. The van der Waals surface area contributed by atoms with E-state index < -0.39 is 0 Å². The fourth-order valence-corrected chi connectivity index (χ4v) is 6.73. The lowest BCUT2D eigenvalue weighted by Gasteiger charge is -1.70. The maximum Gasteiger partial charge on any atom is 0.218 e. The van der Waals surface area contributed by atoms with Gasteiger partial charge in [-0.3, -0.25) is 4.98 Å². The lowest BCUT2D eigenvalue weighted by atomic mass is 10.5. The molecule has 18 nitrogen and oxygen atoms in total. The van der Waals surface area contributed by atoms with Crippen molar-refractivity contribution in [2.45, 2.75) is 0 Å². The van der Waals surface area contributed by atoms with E-state index in [0.29, 0.717) is 81.4 Å². The van der Waals surface area contributed by atoms with E-state index in [1.165, 1.54) is 211 Å². The van der Waals surface area contributed by atoms with Gasteiger partial charge in [-0.25, -0.2) is 0 Å². The largest absolute Gasteiger partial charge is 0.265 e. The fourth-order valence-electron chi connectivity index (χ4n) is 6.73. The van der Waals surface area contributed by atoms with Crippen LogP contribution in [0, 0.1) is 0 Å². The van der Waals surface area contributed by atoms with Crippen molar-refractivity contribution in [3.8, 4) is 0 Å². The van der Waals surface area contributed by atoms with Gasteiger partial charge >= 0.3 is 0 Å². The van der Waals surface area contributed by atoms with Gasteiger partial charge in [0.05, 0.1) is 76.2 Å². The molecule has 0 saturated carbocycles. The molecule has 0 aromatic carbocycles. The third-order valence-electron chi connectivity index (χ3n) is 12.1. The van der Waals surface area contributed by atoms with Crippen LogP contribution in [0.3, 0.4) is 0 Å². The normalized spacial score (nSPS) is 8.68. The topological polar surface area (TPSA) is 78.9 Å². The molecule has 35 heteroatoms. The van der Waals surface area contributed by atoms with Crippen LogP contribution in [-0.4, -0.2) is 4.98 Å². The minimum Gasteiger partial charge on any atom is -0.265 e. The van der Waals surface area contributed by atoms with E-state index in [1.54, 1.807) is 322 Å². The molecule has 0 aliphatic heterocycles. The fraction of sp³-hybridized carbons (Fsp3) is 0. The lowest BCUT2D eigenvalue weighted by Crippen LogP contribution is -2.18. The van der Waals surface area contributed by atoms with Crippen molar-refractivity contribution in [3.63, 3.8) is 0 Å². The van der Waals surface area contributed by atoms with E-state index in [9.17, 15) is 76.2 Å². The van der Waals surface area contributed by atoms with Crippen LogP contribution in [0.4, 0.5) is 76.2 Å². The molecule has 0 saturated heterocycles. The van der Waals surface area contributed by atoms with Gasteiger partial charge in [0.1, 0.15) is 0 Å².